The molecule has 0 saturated heterocycles. The van der Waals surface area contributed by atoms with E-state index in [0.717, 1.165) is 96.7 Å². The zero-order valence-corrected chi connectivity index (χ0v) is 32.3. The minimum Gasteiger partial charge on any atom is -0.466 e. The van der Waals surface area contributed by atoms with E-state index in [9.17, 15) is 9.90 Å². The van der Waals surface area contributed by atoms with Gasteiger partial charge >= 0.3 is 5.97 Å². The number of unbranched alkanes of at least 4 members (excludes halogenated alkanes) is 7. The highest BCUT2D eigenvalue weighted by atomic mass is 28.4. The zero-order chi connectivity index (χ0) is 32.5. The van der Waals surface area contributed by atoms with E-state index >= 15 is 0 Å². The predicted octanol–water partition coefficient (Wildman–Crippen LogP) is 9.33. The van der Waals surface area contributed by atoms with Crippen molar-refractivity contribution in [2.75, 3.05) is 40.5 Å². The summed E-state index contributed by atoms with van der Waals surface area (Å²) in [5.41, 5.74) is -0.621. The van der Waals surface area contributed by atoms with E-state index in [4.69, 9.17) is 13.6 Å². The highest BCUT2D eigenvalue weighted by Crippen LogP contribution is 2.37. The Morgan fingerprint density at radius 1 is 0.619 bits per heavy atom. The molecule has 0 spiro atoms. The number of esters is 1. The second-order valence-corrected chi connectivity index (χ2v) is 25.6. The molecule has 0 unspecified atom stereocenters. The maximum Gasteiger partial charge on any atom is 0.307 e. The number of nitrogens with zero attached hydrogens (tertiary/aromatic N) is 1. The summed E-state index contributed by atoms with van der Waals surface area (Å²) in [5, 5.41) is 12.1. The van der Waals surface area contributed by atoms with Crippen molar-refractivity contribution in [2.45, 2.75) is 173 Å². The van der Waals surface area contributed by atoms with Crippen LogP contribution in [-0.4, -0.2) is 78.7 Å². The molecule has 8 heteroatoms. The molecule has 252 valence electrons. The van der Waals surface area contributed by atoms with Crippen LogP contribution in [0.25, 0.3) is 0 Å². The number of hydrogen-bond donors (Lipinski definition) is 1. The van der Waals surface area contributed by atoms with Gasteiger partial charge in [0.05, 0.1) is 18.6 Å². The molecule has 0 aliphatic carbocycles. The highest BCUT2D eigenvalue weighted by Gasteiger charge is 2.37. The Hall–Kier alpha value is -0.256. The van der Waals surface area contributed by atoms with Crippen LogP contribution in [0.5, 0.6) is 0 Å². The van der Waals surface area contributed by atoms with Crippen LogP contribution in [-0.2, 0) is 18.4 Å². The lowest BCUT2D eigenvalue weighted by Gasteiger charge is -2.36. The van der Waals surface area contributed by atoms with E-state index in [1.54, 1.807) is 0 Å². The SMILES string of the molecule is CN(C)CCC(=O)OCCCCC(O)(CCCCCCO[Si](C)(C)C(C)(C)C)CCCCCCO[Si](C)(C)C(C)(C)C. The molecule has 0 fully saturated rings. The van der Waals surface area contributed by atoms with Gasteiger partial charge in [0.25, 0.3) is 0 Å². The first-order chi connectivity index (χ1) is 19.2. The summed E-state index contributed by atoms with van der Waals surface area (Å²) in [7, 11) is 0.583. The average molecular weight is 632 g/mol. The van der Waals surface area contributed by atoms with E-state index in [0.29, 0.717) is 19.6 Å². The Kier molecular flexibility index (Phi) is 19.9. The van der Waals surface area contributed by atoms with Crippen LogP contribution in [0.4, 0.5) is 0 Å². The lowest BCUT2D eigenvalue weighted by atomic mass is 9.85. The standard InChI is InChI=1S/C34H73NO5Si2/c1-32(2,3)41(9,10)39-29-20-15-13-17-24-34(37,26-19-22-28-38-31(36)23-27-35(7)8)25-18-14-16-21-30-40-42(11,12)33(4,5)6/h37H,13-30H2,1-12H3. The van der Waals surface area contributed by atoms with Crippen LogP contribution in [0.1, 0.15) is 131 Å². The van der Waals surface area contributed by atoms with Crippen molar-refractivity contribution >= 4 is 22.6 Å². The van der Waals surface area contributed by atoms with E-state index in [2.05, 4.69) is 67.7 Å². The van der Waals surface area contributed by atoms with Crippen molar-refractivity contribution in [2.24, 2.45) is 0 Å². The molecule has 0 aliphatic rings. The minimum atomic E-state index is -1.67. The predicted molar refractivity (Wildman–Crippen MR) is 185 cm³/mol. The van der Waals surface area contributed by atoms with E-state index < -0.39 is 22.2 Å². The number of rotatable bonds is 24. The van der Waals surface area contributed by atoms with Gasteiger partial charge in [-0.3, -0.25) is 4.79 Å². The normalized spacial score (nSPS) is 13.7. The van der Waals surface area contributed by atoms with Gasteiger partial charge in [0.15, 0.2) is 16.6 Å². The van der Waals surface area contributed by atoms with Crippen molar-refractivity contribution in [1.82, 2.24) is 4.90 Å². The van der Waals surface area contributed by atoms with E-state index in [1.807, 2.05) is 19.0 Å². The van der Waals surface area contributed by atoms with E-state index in [-0.39, 0.29) is 16.0 Å². The molecule has 0 amide bonds. The average Bonchev–Trinajstić information content (AvgIpc) is 2.84. The first-order valence-electron chi connectivity index (χ1n) is 17.0. The fraction of sp³-hybridized carbons (Fsp3) is 0.971. The molecule has 0 radical (unpaired) electrons. The molecule has 0 aromatic heterocycles. The van der Waals surface area contributed by atoms with Gasteiger partial charge in [0.1, 0.15) is 0 Å². The lowest BCUT2D eigenvalue weighted by molar-refractivity contribution is -0.144. The number of carbonyl (C=O) groups excluding carboxylic acids is 1. The van der Waals surface area contributed by atoms with Crippen LogP contribution < -0.4 is 0 Å². The van der Waals surface area contributed by atoms with Crippen molar-refractivity contribution in [3.05, 3.63) is 0 Å². The number of aliphatic hydroxyl groups is 1. The molecule has 0 bridgehead atoms. The highest BCUT2D eigenvalue weighted by molar-refractivity contribution is 6.74. The summed E-state index contributed by atoms with van der Waals surface area (Å²) in [6.45, 7) is 25.9. The molecule has 0 saturated carbocycles. The topological polar surface area (TPSA) is 68.2 Å². The van der Waals surface area contributed by atoms with Crippen LogP contribution >= 0.6 is 0 Å². The summed E-state index contributed by atoms with van der Waals surface area (Å²) in [6, 6.07) is 0. The van der Waals surface area contributed by atoms with Gasteiger partial charge in [0.2, 0.25) is 0 Å². The van der Waals surface area contributed by atoms with Crippen molar-refractivity contribution in [1.29, 1.82) is 0 Å². The Morgan fingerprint density at radius 3 is 1.36 bits per heavy atom. The van der Waals surface area contributed by atoms with Gasteiger partial charge in [-0.15, -0.1) is 0 Å². The Bertz CT molecular complexity index is 674. The van der Waals surface area contributed by atoms with Gasteiger partial charge in [-0.1, -0.05) is 80.1 Å². The smallest absolute Gasteiger partial charge is 0.307 e. The molecule has 1 N–H and O–H groups in total. The largest absolute Gasteiger partial charge is 0.466 e. The van der Waals surface area contributed by atoms with Gasteiger partial charge in [-0.05, 0) is 95.3 Å². The lowest BCUT2D eigenvalue weighted by Crippen LogP contribution is -2.40. The maximum absolute atomic E-state index is 11.9. The van der Waals surface area contributed by atoms with Gasteiger partial charge in [-0.25, -0.2) is 0 Å². The van der Waals surface area contributed by atoms with Crippen molar-refractivity contribution in [3.8, 4) is 0 Å². The molecule has 42 heavy (non-hydrogen) atoms. The third-order valence-electron chi connectivity index (χ3n) is 9.67. The third-order valence-corrected chi connectivity index (χ3v) is 18.8. The van der Waals surface area contributed by atoms with Crippen molar-refractivity contribution < 1.29 is 23.5 Å². The molecule has 0 atom stereocenters. The monoisotopic (exact) mass is 632 g/mol. The first kappa shape index (κ1) is 41.7. The fourth-order valence-electron chi connectivity index (χ4n) is 4.41. The van der Waals surface area contributed by atoms with Gasteiger partial charge < -0.3 is 23.6 Å². The molecule has 0 aromatic rings. The summed E-state index contributed by atoms with van der Waals surface area (Å²) < 4.78 is 18.1. The summed E-state index contributed by atoms with van der Waals surface area (Å²) in [6.07, 6.45) is 13.5. The second kappa shape index (κ2) is 20.0. The van der Waals surface area contributed by atoms with Crippen LogP contribution in [0.2, 0.25) is 36.3 Å². The zero-order valence-electron chi connectivity index (χ0n) is 30.3. The molecular formula is C34H73NO5Si2. The first-order valence-corrected chi connectivity index (χ1v) is 22.8. The van der Waals surface area contributed by atoms with Crippen LogP contribution in [0.15, 0.2) is 0 Å². The van der Waals surface area contributed by atoms with Gasteiger partial charge in [0, 0.05) is 19.8 Å². The van der Waals surface area contributed by atoms with Crippen LogP contribution in [0, 0.1) is 0 Å². The Labute approximate surface area is 264 Å². The molecular weight excluding hydrogens is 559 g/mol. The maximum atomic E-state index is 11.9. The molecule has 0 rings (SSSR count). The van der Waals surface area contributed by atoms with Crippen molar-refractivity contribution in [3.63, 3.8) is 0 Å². The molecule has 0 aromatic carbocycles. The molecule has 6 nitrogen and oxygen atoms in total. The summed E-state index contributed by atoms with van der Waals surface area (Å²) in [5.74, 6) is -0.131. The Balaban J connectivity index is 4.54. The summed E-state index contributed by atoms with van der Waals surface area (Å²) in [4.78, 5) is 13.9. The molecule has 0 heterocycles. The van der Waals surface area contributed by atoms with Crippen LogP contribution in [0.3, 0.4) is 0 Å². The Morgan fingerprint density at radius 2 is 0.976 bits per heavy atom. The van der Waals surface area contributed by atoms with E-state index in [1.165, 1.54) is 0 Å². The minimum absolute atomic E-state index is 0.131. The number of carbonyl (C=O) groups is 1. The molecule has 0 aliphatic heterocycles. The quantitative estimate of drug-likeness (QED) is 0.0650. The number of hydrogen-bond acceptors (Lipinski definition) is 6. The summed E-state index contributed by atoms with van der Waals surface area (Å²) >= 11 is 0. The third kappa shape index (κ3) is 19.2. The number of ether oxygens (including phenoxy) is 1. The van der Waals surface area contributed by atoms with Gasteiger partial charge in [-0.2, -0.15) is 0 Å². The second-order valence-electron chi connectivity index (χ2n) is 16.0. The fourth-order valence-corrected chi connectivity index (χ4v) is 6.59.